The summed E-state index contributed by atoms with van der Waals surface area (Å²) >= 11 is 3.38. The molecule has 0 saturated heterocycles. The van der Waals surface area contributed by atoms with Crippen molar-refractivity contribution in [3.8, 4) is 0 Å². The van der Waals surface area contributed by atoms with E-state index < -0.39 is 0 Å². The molecule has 0 radical (unpaired) electrons. The highest BCUT2D eigenvalue weighted by molar-refractivity contribution is 9.10. The summed E-state index contributed by atoms with van der Waals surface area (Å²) < 4.78 is 14.3. The second kappa shape index (κ2) is 7.71. The first-order valence-electron chi connectivity index (χ1n) is 7.34. The van der Waals surface area contributed by atoms with Gasteiger partial charge in [-0.15, -0.1) is 0 Å². The Labute approximate surface area is 134 Å². The predicted octanol–water partition coefficient (Wildman–Crippen LogP) is 5.18. The molecule has 2 aromatic carbocycles. The lowest BCUT2D eigenvalue weighted by molar-refractivity contribution is 0.521. The summed E-state index contributed by atoms with van der Waals surface area (Å²) in [5.74, 6) is -0.209. The first-order valence-corrected chi connectivity index (χ1v) is 8.14. The van der Waals surface area contributed by atoms with Gasteiger partial charge >= 0.3 is 0 Å². The molecule has 0 aliphatic heterocycles. The molecule has 0 heterocycles. The smallest absolute Gasteiger partial charge is 0.137 e. The maximum atomic E-state index is 13.8. The molecule has 0 aliphatic carbocycles. The highest BCUT2D eigenvalue weighted by Gasteiger charge is 2.16. The second-order valence-electron chi connectivity index (χ2n) is 5.34. The van der Waals surface area contributed by atoms with E-state index in [0.29, 0.717) is 4.47 Å². The molecule has 21 heavy (non-hydrogen) atoms. The molecule has 2 aromatic rings. The van der Waals surface area contributed by atoms with Gasteiger partial charge in [-0.1, -0.05) is 48.9 Å². The van der Waals surface area contributed by atoms with Crippen LogP contribution in [0.5, 0.6) is 0 Å². The SMILES string of the molecule is CCCNC(Cc1ccc(C)cc1)c1cccc(F)c1Br. The fraction of sp³-hybridized carbons (Fsp3) is 0.333. The van der Waals surface area contributed by atoms with Gasteiger partial charge in [0.15, 0.2) is 0 Å². The van der Waals surface area contributed by atoms with E-state index in [2.05, 4.69) is 59.4 Å². The fourth-order valence-corrected chi connectivity index (χ4v) is 2.90. The highest BCUT2D eigenvalue weighted by atomic mass is 79.9. The molecule has 1 N–H and O–H groups in total. The van der Waals surface area contributed by atoms with Gasteiger partial charge in [0.1, 0.15) is 5.82 Å². The topological polar surface area (TPSA) is 12.0 Å². The Kier molecular flexibility index (Phi) is 5.95. The Morgan fingerprint density at radius 1 is 1.14 bits per heavy atom. The Morgan fingerprint density at radius 3 is 2.52 bits per heavy atom. The molecule has 1 unspecified atom stereocenters. The van der Waals surface area contributed by atoms with Gasteiger partial charge in [-0.2, -0.15) is 0 Å². The summed E-state index contributed by atoms with van der Waals surface area (Å²) in [6.45, 7) is 5.13. The molecule has 0 spiro atoms. The van der Waals surface area contributed by atoms with E-state index in [0.717, 1.165) is 24.9 Å². The van der Waals surface area contributed by atoms with Gasteiger partial charge in [-0.25, -0.2) is 4.39 Å². The lowest BCUT2D eigenvalue weighted by Gasteiger charge is -2.21. The number of benzene rings is 2. The molecule has 1 nitrogen and oxygen atoms in total. The van der Waals surface area contributed by atoms with Crippen molar-refractivity contribution in [3.05, 3.63) is 69.4 Å². The van der Waals surface area contributed by atoms with E-state index in [9.17, 15) is 4.39 Å². The molecule has 1 atom stereocenters. The first kappa shape index (κ1) is 16.2. The average Bonchev–Trinajstić information content (AvgIpc) is 2.48. The van der Waals surface area contributed by atoms with Gasteiger partial charge in [0.2, 0.25) is 0 Å². The van der Waals surface area contributed by atoms with Crippen LogP contribution in [-0.4, -0.2) is 6.54 Å². The van der Waals surface area contributed by atoms with Crippen molar-refractivity contribution in [2.75, 3.05) is 6.54 Å². The fourth-order valence-electron chi connectivity index (χ4n) is 2.36. The Morgan fingerprint density at radius 2 is 1.86 bits per heavy atom. The van der Waals surface area contributed by atoms with Crippen LogP contribution >= 0.6 is 15.9 Å². The van der Waals surface area contributed by atoms with Crippen molar-refractivity contribution in [1.29, 1.82) is 0 Å². The number of aryl methyl sites for hydroxylation is 1. The summed E-state index contributed by atoms with van der Waals surface area (Å²) in [6.07, 6.45) is 1.90. The van der Waals surface area contributed by atoms with Gasteiger partial charge in [-0.3, -0.25) is 0 Å². The zero-order valence-electron chi connectivity index (χ0n) is 12.5. The van der Waals surface area contributed by atoms with Crippen molar-refractivity contribution in [3.63, 3.8) is 0 Å². The van der Waals surface area contributed by atoms with E-state index in [1.165, 1.54) is 17.2 Å². The maximum Gasteiger partial charge on any atom is 0.137 e. The zero-order chi connectivity index (χ0) is 15.2. The molecule has 0 aliphatic rings. The standard InChI is InChI=1S/C18H21BrFN/c1-3-11-21-17(12-14-9-7-13(2)8-10-14)15-5-4-6-16(20)18(15)19/h4-10,17,21H,3,11-12H2,1-2H3. The van der Waals surface area contributed by atoms with Gasteiger partial charge < -0.3 is 5.32 Å². The summed E-state index contributed by atoms with van der Waals surface area (Å²) in [4.78, 5) is 0. The molecule has 2 rings (SSSR count). The van der Waals surface area contributed by atoms with E-state index in [-0.39, 0.29) is 11.9 Å². The second-order valence-corrected chi connectivity index (χ2v) is 6.13. The number of halogens is 2. The lowest BCUT2D eigenvalue weighted by atomic mass is 9.98. The largest absolute Gasteiger partial charge is 0.310 e. The molecule has 0 bridgehead atoms. The van der Waals surface area contributed by atoms with E-state index in [1.807, 2.05) is 6.07 Å². The third-order valence-electron chi connectivity index (χ3n) is 3.56. The third kappa shape index (κ3) is 4.39. The normalized spacial score (nSPS) is 12.4. The van der Waals surface area contributed by atoms with Crippen molar-refractivity contribution in [1.82, 2.24) is 5.32 Å². The zero-order valence-corrected chi connectivity index (χ0v) is 14.1. The van der Waals surface area contributed by atoms with E-state index in [1.54, 1.807) is 6.07 Å². The summed E-state index contributed by atoms with van der Waals surface area (Å²) in [5.41, 5.74) is 3.48. The Balaban J connectivity index is 2.25. The van der Waals surface area contributed by atoms with Crippen LogP contribution in [-0.2, 0) is 6.42 Å². The van der Waals surface area contributed by atoms with Crippen LogP contribution in [0.1, 0.15) is 36.1 Å². The van der Waals surface area contributed by atoms with Crippen molar-refractivity contribution in [2.45, 2.75) is 32.7 Å². The molecule has 0 aromatic heterocycles. The van der Waals surface area contributed by atoms with Gasteiger partial charge in [0.05, 0.1) is 4.47 Å². The molecule has 0 fully saturated rings. The van der Waals surface area contributed by atoms with E-state index in [4.69, 9.17) is 0 Å². The number of rotatable bonds is 6. The molecule has 0 saturated carbocycles. The van der Waals surface area contributed by atoms with Crippen LogP contribution in [0.2, 0.25) is 0 Å². The Bertz CT molecular complexity index is 580. The molecule has 112 valence electrons. The van der Waals surface area contributed by atoms with Crippen molar-refractivity contribution in [2.24, 2.45) is 0 Å². The van der Waals surface area contributed by atoms with Crippen LogP contribution in [0.25, 0.3) is 0 Å². The Hall–Kier alpha value is -1.19. The van der Waals surface area contributed by atoms with Crippen LogP contribution in [0, 0.1) is 12.7 Å². The number of hydrogen-bond donors (Lipinski definition) is 1. The average molecular weight is 350 g/mol. The third-order valence-corrected chi connectivity index (χ3v) is 4.39. The maximum absolute atomic E-state index is 13.8. The van der Waals surface area contributed by atoms with Crippen LogP contribution in [0.15, 0.2) is 46.9 Å². The van der Waals surface area contributed by atoms with E-state index >= 15 is 0 Å². The minimum absolute atomic E-state index is 0.109. The molecule has 3 heteroatoms. The van der Waals surface area contributed by atoms with Gasteiger partial charge in [0.25, 0.3) is 0 Å². The molecule has 0 amide bonds. The van der Waals surface area contributed by atoms with Crippen LogP contribution in [0.3, 0.4) is 0 Å². The van der Waals surface area contributed by atoms with Crippen molar-refractivity contribution < 1.29 is 4.39 Å². The quantitative estimate of drug-likeness (QED) is 0.757. The molecular formula is C18H21BrFN. The summed E-state index contributed by atoms with van der Waals surface area (Å²) in [5, 5.41) is 3.52. The first-order chi connectivity index (χ1) is 10.1. The summed E-state index contributed by atoms with van der Waals surface area (Å²) in [6, 6.07) is 13.9. The van der Waals surface area contributed by atoms with Crippen molar-refractivity contribution >= 4 is 15.9 Å². The predicted molar refractivity (Wildman–Crippen MR) is 90.0 cm³/mol. The number of hydrogen-bond acceptors (Lipinski definition) is 1. The van der Waals surface area contributed by atoms with Gasteiger partial charge in [-0.05, 0) is 59.4 Å². The van der Waals surface area contributed by atoms with Gasteiger partial charge in [0, 0.05) is 6.04 Å². The highest BCUT2D eigenvalue weighted by Crippen LogP contribution is 2.28. The minimum atomic E-state index is -0.209. The monoisotopic (exact) mass is 349 g/mol. The van der Waals surface area contributed by atoms with Crippen LogP contribution in [0.4, 0.5) is 4.39 Å². The minimum Gasteiger partial charge on any atom is -0.310 e. The number of nitrogens with one attached hydrogen (secondary N) is 1. The summed E-state index contributed by atoms with van der Waals surface area (Å²) in [7, 11) is 0. The lowest BCUT2D eigenvalue weighted by Crippen LogP contribution is -2.24. The molecular weight excluding hydrogens is 329 g/mol. The van der Waals surface area contributed by atoms with Crippen LogP contribution < -0.4 is 5.32 Å².